The molecule has 0 fully saturated rings. The summed E-state index contributed by atoms with van der Waals surface area (Å²) in [6.45, 7) is 0.137. The molecule has 0 amide bonds. The molecule has 1 heterocycles. The van der Waals surface area contributed by atoms with Gasteiger partial charge in [0.15, 0.2) is 23.1 Å². The predicted octanol–water partition coefficient (Wildman–Crippen LogP) is 4.88. The molecule has 1 aromatic heterocycles. The largest absolute Gasteiger partial charge is 0.432 e. The Labute approximate surface area is 163 Å². The summed E-state index contributed by atoms with van der Waals surface area (Å²) in [5.41, 5.74) is 0. The normalized spacial score (nSPS) is 11.4. The summed E-state index contributed by atoms with van der Waals surface area (Å²) < 4.78 is 67.7. The summed E-state index contributed by atoms with van der Waals surface area (Å²) >= 11 is 5.59. The van der Waals surface area contributed by atoms with Crippen molar-refractivity contribution in [3.63, 3.8) is 0 Å². The zero-order valence-corrected chi connectivity index (χ0v) is 15.5. The minimum atomic E-state index is -1.19. The summed E-state index contributed by atoms with van der Waals surface area (Å²) in [7, 11) is -1.19. The van der Waals surface area contributed by atoms with Gasteiger partial charge in [-0.25, -0.2) is 22.7 Å². The quantitative estimate of drug-likeness (QED) is 0.314. The van der Waals surface area contributed by atoms with Crippen molar-refractivity contribution in [2.45, 2.75) is 0 Å². The number of benzene rings is 2. The first-order valence-corrected chi connectivity index (χ1v) is 9.42. The van der Waals surface area contributed by atoms with E-state index in [2.05, 4.69) is 9.59 Å². The Morgan fingerprint density at radius 1 is 0.964 bits per heavy atom. The Balaban J connectivity index is 1.94. The molecule has 0 aliphatic heterocycles. The van der Waals surface area contributed by atoms with Gasteiger partial charge in [-0.05, 0) is 28.8 Å². The standard InChI is InChI=1S/C16H13ClF4N3O3S/c17-5-6-25-28-9-16(26-14-7-10(18)1-3-12(14)20)22-24(23-28)27-15-8-11(19)2-4-13(15)21/h1-4,7-9,22-23H,5-6H2/q+1. The summed E-state index contributed by atoms with van der Waals surface area (Å²) in [6, 6.07) is 5.30. The molecule has 3 rings (SSSR count). The van der Waals surface area contributed by atoms with E-state index >= 15 is 0 Å². The van der Waals surface area contributed by atoms with Gasteiger partial charge in [0, 0.05) is 17.1 Å². The lowest BCUT2D eigenvalue weighted by molar-refractivity contribution is 0.125. The molecule has 3 aromatic rings. The van der Waals surface area contributed by atoms with Crippen LogP contribution in [0, 0.1) is 23.3 Å². The average Bonchev–Trinajstić information content (AvgIpc) is 2.66. The molecule has 12 heteroatoms. The Morgan fingerprint density at radius 3 is 2.29 bits per heavy atom. The lowest BCUT2D eigenvalue weighted by Gasteiger charge is -2.10. The number of aromatic amines is 2. The minimum absolute atomic E-state index is 0.113. The number of ether oxygens (including phenoxy) is 1. The van der Waals surface area contributed by atoms with Crippen molar-refractivity contribution in [1.82, 2.24) is 14.5 Å². The third-order valence-electron chi connectivity index (χ3n) is 3.08. The average molecular weight is 439 g/mol. The fourth-order valence-corrected chi connectivity index (χ4v) is 3.09. The van der Waals surface area contributed by atoms with Gasteiger partial charge in [0.05, 0.1) is 5.88 Å². The molecule has 0 aliphatic rings. The number of alkyl halides is 1. The van der Waals surface area contributed by atoms with Crippen LogP contribution in [0.2, 0.25) is 0 Å². The lowest BCUT2D eigenvalue weighted by atomic mass is 10.3. The second kappa shape index (κ2) is 9.04. The molecule has 1 unspecified atom stereocenters. The first-order chi connectivity index (χ1) is 13.4. The van der Waals surface area contributed by atoms with E-state index in [1.54, 1.807) is 0 Å². The fourth-order valence-electron chi connectivity index (χ4n) is 1.94. The highest BCUT2D eigenvalue weighted by Crippen LogP contribution is 2.26. The second-order valence-corrected chi connectivity index (χ2v) is 6.76. The molecular weight excluding hydrogens is 426 g/mol. The van der Waals surface area contributed by atoms with E-state index in [0.29, 0.717) is 0 Å². The van der Waals surface area contributed by atoms with Crippen LogP contribution >= 0.6 is 22.5 Å². The Kier molecular flexibility index (Phi) is 6.49. The first-order valence-electron chi connectivity index (χ1n) is 7.68. The fraction of sp³-hybridized carbons (Fsp3) is 0.125. The molecule has 0 saturated carbocycles. The second-order valence-electron chi connectivity index (χ2n) is 5.13. The Morgan fingerprint density at radius 2 is 1.61 bits per heavy atom. The smallest absolute Gasteiger partial charge is 0.275 e. The molecule has 0 spiro atoms. The van der Waals surface area contributed by atoms with E-state index in [1.807, 2.05) is 0 Å². The third-order valence-corrected chi connectivity index (χ3v) is 4.43. The van der Waals surface area contributed by atoms with Crippen molar-refractivity contribution in [2.75, 3.05) is 12.5 Å². The molecule has 1 atom stereocenters. The maximum absolute atomic E-state index is 13.8. The van der Waals surface area contributed by atoms with E-state index in [4.69, 9.17) is 25.4 Å². The van der Waals surface area contributed by atoms with Crippen LogP contribution in [-0.2, 0) is 0 Å². The van der Waals surface area contributed by atoms with Crippen LogP contribution in [0.4, 0.5) is 17.6 Å². The van der Waals surface area contributed by atoms with Crippen LogP contribution in [0.1, 0.15) is 0 Å². The molecule has 2 N–H and O–H groups in total. The molecule has 0 aliphatic carbocycles. The number of halogens is 5. The van der Waals surface area contributed by atoms with E-state index < -0.39 is 45.7 Å². The molecule has 0 saturated heterocycles. The molecule has 150 valence electrons. The topological polar surface area (TPSA) is 64.2 Å². The number of hydrogen-bond acceptors (Lipinski definition) is 3. The molecule has 0 radical (unpaired) electrons. The number of rotatable bonds is 7. The maximum atomic E-state index is 13.8. The monoisotopic (exact) mass is 438 g/mol. The van der Waals surface area contributed by atoms with E-state index in [9.17, 15) is 17.6 Å². The summed E-state index contributed by atoms with van der Waals surface area (Å²) in [5.74, 6) is -3.86. The zero-order chi connectivity index (χ0) is 20.1. The molecule has 0 bridgehead atoms. The van der Waals surface area contributed by atoms with Gasteiger partial charge in [-0.1, -0.05) is 0 Å². The van der Waals surface area contributed by atoms with Gasteiger partial charge < -0.3 is 9.57 Å². The van der Waals surface area contributed by atoms with Crippen molar-refractivity contribution in [2.24, 2.45) is 0 Å². The highest BCUT2D eigenvalue weighted by atomic mass is 35.5. The third kappa shape index (κ3) is 5.21. The maximum Gasteiger partial charge on any atom is 0.275 e. The van der Waals surface area contributed by atoms with Crippen molar-refractivity contribution in [1.29, 1.82) is 0 Å². The van der Waals surface area contributed by atoms with Crippen molar-refractivity contribution < 1.29 is 31.3 Å². The molecular formula is C16H13ClF4N3O3S+. The van der Waals surface area contributed by atoms with E-state index in [-0.39, 0.29) is 18.4 Å². The number of nitrogens with zero attached hydrogens (tertiary/aromatic N) is 1. The van der Waals surface area contributed by atoms with Gasteiger partial charge in [0.25, 0.3) is 22.2 Å². The van der Waals surface area contributed by atoms with Crippen molar-refractivity contribution in [3.8, 4) is 17.4 Å². The van der Waals surface area contributed by atoms with Crippen LogP contribution in [0.5, 0.6) is 17.4 Å². The first kappa shape index (κ1) is 20.1. The Hall–Kier alpha value is -2.63. The number of H-pyrrole nitrogens is 2. The van der Waals surface area contributed by atoms with Gasteiger partial charge in [-0.3, -0.25) is 0 Å². The van der Waals surface area contributed by atoms with Gasteiger partial charge in [0.1, 0.15) is 18.2 Å². The SMILES string of the molecule is Fc1ccc(F)c(Oc2c[s+](OCCCl)[nH]n(Oc3cc(F)ccc3F)[nH]2)c1. The van der Waals surface area contributed by atoms with Gasteiger partial charge in [-0.15, -0.1) is 15.8 Å². The summed E-state index contributed by atoms with van der Waals surface area (Å²) in [6.07, 6.45) is 0. The van der Waals surface area contributed by atoms with Crippen LogP contribution in [0.15, 0.2) is 41.8 Å². The van der Waals surface area contributed by atoms with Gasteiger partial charge >= 0.3 is 0 Å². The van der Waals surface area contributed by atoms with Gasteiger partial charge in [0.2, 0.25) is 0 Å². The van der Waals surface area contributed by atoms with Crippen LogP contribution < -0.4 is 13.8 Å². The van der Waals surface area contributed by atoms with Crippen LogP contribution in [0.25, 0.3) is 0 Å². The number of aromatic nitrogens is 3. The lowest BCUT2D eigenvalue weighted by Crippen LogP contribution is -2.16. The van der Waals surface area contributed by atoms with Gasteiger partial charge in [-0.2, -0.15) is 0 Å². The highest BCUT2D eigenvalue weighted by Gasteiger charge is 2.16. The predicted molar refractivity (Wildman–Crippen MR) is 94.2 cm³/mol. The summed E-state index contributed by atoms with van der Waals surface area (Å²) in [4.78, 5) is 5.98. The van der Waals surface area contributed by atoms with E-state index in [1.165, 1.54) is 5.38 Å². The number of nitrogens with one attached hydrogen (secondary N) is 2. The van der Waals surface area contributed by atoms with Crippen molar-refractivity contribution >= 4 is 22.5 Å². The van der Waals surface area contributed by atoms with Crippen LogP contribution in [0.3, 0.4) is 0 Å². The van der Waals surface area contributed by atoms with Crippen molar-refractivity contribution in [3.05, 3.63) is 65.0 Å². The Bertz CT molecular complexity index is 928. The molecule has 6 nitrogen and oxygen atoms in total. The highest BCUT2D eigenvalue weighted by molar-refractivity contribution is 7.19. The molecule has 28 heavy (non-hydrogen) atoms. The number of hydrogen-bond donors (Lipinski definition) is 2. The van der Waals surface area contributed by atoms with Crippen LogP contribution in [-0.4, -0.2) is 27.0 Å². The summed E-state index contributed by atoms with van der Waals surface area (Å²) in [5, 5.41) is 3.88. The minimum Gasteiger partial charge on any atom is -0.432 e. The zero-order valence-electron chi connectivity index (χ0n) is 13.9. The molecule has 2 aromatic carbocycles. The van der Waals surface area contributed by atoms with E-state index in [0.717, 1.165) is 41.4 Å².